The average molecular weight is 395 g/mol. The van der Waals surface area contributed by atoms with E-state index in [0.717, 1.165) is 31.6 Å². The zero-order valence-electron chi connectivity index (χ0n) is 15.7. The fourth-order valence-corrected chi connectivity index (χ4v) is 6.81. The van der Waals surface area contributed by atoms with E-state index < -0.39 is 0 Å². The minimum atomic E-state index is -0.0165. The normalized spacial score (nSPS) is 31.7. The molecule has 28 heavy (non-hydrogen) atoms. The number of ether oxygens (including phenoxy) is 1. The van der Waals surface area contributed by atoms with E-state index >= 15 is 0 Å². The predicted octanol–water partition coefficient (Wildman–Crippen LogP) is 4.10. The zero-order valence-corrected chi connectivity index (χ0v) is 16.6. The Morgan fingerprint density at radius 3 is 2.93 bits per heavy atom. The molecule has 4 nitrogen and oxygen atoms in total. The van der Waals surface area contributed by atoms with Crippen LogP contribution in [0.5, 0.6) is 11.5 Å². The van der Waals surface area contributed by atoms with E-state index in [1.54, 1.807) is 0 Å². The van der Waals surface area contributed by atoms with Gasteiger partial charge in [-0.1, -0.05) is 24.3 Å². The number of halogens is 1. The highest BCUT2D eigenvalue weighted by Gasteiger charge is 2.65. The molecule has 5 heteroatoms. The fraction of sp³-hybridized carbons (Fsp3) is 0.391. The first-order chi connectivity index (χ1) is 13.2. The molecule has 2 aromatic carbocycles. The summed E-state index contributed by atoms with van der Waals surface area (Å²) in [7, 11) is 2.28. The van der Waals surface area contributed by atoms with E-state index in [0.29, 0.717) is 17.7 Å². The third-order valence-electron chi connectivity index (χ3n) is 7.92. The summed E-state index contributed by atoms with van der Waals surface area (Å²) >= 11 is 0. The molecule has 0 saturated carbocycles. The lowest BCUT2D eigenvalue weighted by Crippen LogP contribution is -2.62. The van der Waals surface area contributed by atoms with Crippen molar-refractivity contribution < 1.29 is 9.84 Å². The molecular formula is C23H23ClN2O2. The summed E-state index contributed by atoms with van der Waals surface area (Å²) in [6.07, 6.45) is 3.22. The van der Waals surface area contributed by atoms with E-state index in [1.165, 1.54) is 33.3 Å². The van der Waals surface area contributed by atoms with Crippen LogP contribution in [0.2, 0.25) is 0 Å². The van der Waals surface area contributed by atoms with Crippen LogP contribution in [0.1, 0.15) is 34.9 Å². The van der Waals surface area contributed by atoms with Gasteiger partial charge in [-0.05, 0) is 62.0 Å². The number of nitrogens with one attached hydrogen (secondary N) is 1. The number of phenols is 1. The number of nitrogens with zero attached hydrogens (tertiary/aromatic N) is 1. The van der Waals surface area contributed by atoms with Crippen LogP contribution in [0.4, 0.5) is 0 Å². The van der Waals surface area contributed by atoms with Crippen molar-refractivity contribution >= 4 is 23.3 Å². The molecule has 144 valence electrons. The van der Waals surface area contributed by atoms with Gasteiger partial charge in [-0.25, -0.2) is 0 Å². The first-order valence-electron chi connectivity index (χ1n) is 10.00. The largest absolute Gasteiger partial charge is 0.504 e. The highest BCUT2D eigenvalue weighted by Crippen LogP contribution is 2.67. The van der Waals surface area contributed by atoms with Crippen LogP contribution >= 0.6 is 12.4 Å². The van der Waals surface area contributed by atoms with Crippen LogP contribution in [-0.2, 0) is 18.3 Å². The van der Waals surface area contributed by atoms with E-state index in [2.05, 4.69) is 47.3 Å². The van der Waals surface area contributed by atoms with E-state index in [4.69, 9.17) is 4.74 Å². The van der Waals surface area contributed by atoms with Crippen molar-refractivity contribution in [3.63, 3.8) is 0 Å². The molecule has 1 fully saturated rings. The molecule has 4 aliphatic rings. The van der Waals surface area contributed by atoms with Gasteiger partial charge in [-0.15, -0.1) is 12.4 Å². The van der Waals surface area contributed by atoms with Crippen molar-refractivity contribution in [2.75, 3.05) is 13.6 Å². The lowest BCUT2D eigenvalue weighted by atomic mass is 9.52. The number of likely N-dealkylation sites (tertiary alicyclic amines) is 1. The quantitative estimate of drug-likeness (QED) is 0.603. The van der Waals surface area contributed by atoms with Gasteiger partial charge in [-0.3, -0.25) is 0 Å². The Kier molecular flexibility index (Phi) is 3.14. The Bertz CT molecular complexity index is 1140. The molecule has 7 rings (SSSR count). The Balaban J connectivity index is 0.00000156. The number of H-pyrrole nitrogens is 1. The summed E-state index contributed by atoms with van der Waals surface area (Å²) in [4.78, 5) is 6.25. The summed E-state index contributed by atoms with van der Waals surface area (Å²) in [6, 6.07) is 13.1. The number of piperidine rings is 1. The maximum atomic E-state index is 10.6. The lowest BCUT2D eigenvalue weighted by molar-refractivity contribution is -0.0252. The number of aromatic hydroxyl groups is 1. The molecule has 3 heterocycles. The lowest BCUT2D eigenvalue weighted by Gasteiger charge is -2.57. The number of para-hydroxylation sites is 1. The monoisotopic (exact) mass is 394 g/mol. The van der Waals surface area contributed by atoms with E-state index in [1.807, 2.05) is 6.07 Å². The second-order valence-electron chi connectivity index (χ2n) is 8.86. The molecule has 2 N–H and O–H groups in total. The smallest absolute Gasteiger partial charge is 0.166 e. The first kappa shape index (κ1) is 16.8. The van der Waals surface area contributed by atoms with Crippen molar-refractivity contribution in [3.05, 3.63) is 58.8 Å². The Morgan fingerprint density at radius 1 is 1.18 bits per heavy atom. The highest BCUT2D eigenvalue weighted by molar-refractivity contribution is 5.86. The summed E-state index contributed by atoms with van der Waals surface area (Å²) in [5, 5.41) is 11.9. The number of rotatable bonds is 0. The summed E-state index contributed by atoms with van der Waals surface area (Å²) < 4.78 is 6.60. The van der Waals surface area contributed by atoms with Gasteiger partial charge < -0.3 is 19.7 Å². The summed E-state index contributed by atoms with van der Waals surface area (Å²) in [5.74, 6) is 1.58. The van der Waals surface area contributed by atoms with Crippen LogP contribution in [0.15, 0.2) is 36.4 Å². The summed E-state index contributed by atoms with van der Waals surface area (Å²) in [6.45, 7) is 1.09. The van der Waals surface area contributed by atoms with Crippen LogP contribution in [-0.4, -0.2) is 34.6 Å². The third kappa shape index (κ3) is 1.69. The molecule has 0 unspecified atom stereocenters. The number of hydrogen-bond acceptors (Lipinski definition) is 3. The second-order valence-corrected chi connectivity index (χ2v) is 8.86. The number of likely N-dealkylation sites (N-methyl/N-ethyl adjacent to an activating group) is 1. The van der Waals surface area contributed by atoms with Crippen molar-refractivity contribution in [3.8, 4) is 11.5 Å². The van der Waals surface area contributed by atoms with Crippen molar-refractivity contribution in [2.45, 2.75) is 36.8 Å². The van der Waals surface area contributed by atoms with E-state index in [9.17, 15) is 5.11 Å². The highest BCUT2D eigenvalue weighted by atomic mass is 35.5. The Hall–Kier alpha value is -2.17. The number of aromatic nitrogens is 1. The molecule has 1 saturated heterocycles. The number of fused-ring (bicyclic) bond motifs is 4. The van der Waals surface area contributed by atoms with Crippen molar-refractivity contribution in [1.29, 1.82) is 0 Å². The molecule has 2 bridgehead atoms. The van der Waals surface area contributed by atoms with Crippen LogP contribution in [0.25, 0.3) is 10.9 Å². The number of aromatic amines is 1. The predicted molar refractivity (Wildman–Crippen MR) is 111 cm³/mol. The standard InChI is InChI=1S/C23H22N2O2.ClH/c1-25-9-8-23-15-11-14-13-4-2-3-5-16(13)24-20(14)22(23)27-21-18(26)7-6-12(19(21)23)10-17(15)25;/h2-7,15,17,22,24,26H,8-11H2,1H3;1H/t15-,17+,22-,23-;/m0./s1. The van der Waals surface area contributed by atoms with Gasteiger partial charge in [0.25, 0.3) is 0 Å². The SMILES string of the molecule is CN1CC[C@]23c4c5ccc(O)c4O[C@H]2c2[nH]c4ccccc4c2C[C@H]3[C@H]1C5.Cl. The first-order valence-corrected chi connectivity index (χ1v) is 10.00. The van der Waals surface area contributed by atoms with Gasteiger partial charge in [0.1, 0.15) is 6.10 Å². The molecule has 2 aliphatic carbocycles. The molecule has 0 amide bonds. The average Bonchev–Trinajstić information content (AvgIpc) is 3.21. The molecule has 3 aromatic rings. The molecule has 1 spiro atoms. The number of hydrogen-bond donors (Lipinski definition) is 2. The fourth-order valence-electron chi connectivity index (χ4n) is 6.81. The van der Waals surface area contributed by atoms with Gasteiger partial charge in [0.2, 0.25) is 0 Å². The van der Waals surface area contributed by atoms with Gasteiger partial charge in [0.15, 0.2) is 11.5 Å². The third-order valence-corrected chi connectivity index (χ3v) is 7.92. The topological polar surface area (TPSA) is 48.5 Å². The molecule has 2 aliphatic heterocycles. The minimum absolute atomic E-state index is 0. The van der Waals surface area contributed by atoms with Gasteiger partial charge in [0.05, 0.1) is 5.69 Å². The minimum Gasteiger partial charge on any atom is -0.504 e. The maximum Gasteiger partial charge on any atom is 0.166 e. The maximum absolute atomic E-state index is 10.6. The molecule has 0 radical (unpaired) electrons. The molecular weight excluding hydrogens is 372 g/mol. The van der Waals surface area contributed by atoms with Crippen molar-refractivity contribution in [2.24, 2.45) is 5.92 Å². The Morgan fingerprint density at radius 2 is 2.04 bits per heavy atom. The molecule has 4 atom stereocenters. The molecule has 1 aromatic heterocycles. The second kappa shape index (κ2) is 5.25. The van der Waals surface area contributed by atoms with Gasteiger partial charge in [-0.2, -0.15) is 0 Å². The van der Waals surface area contributed by atoms with Gasteiger partial charge >= 0.3 is 0 Å². The van der Waals surface area contributed by atoms with Crippen LogP contribution in [0.3, 0.4) is 0 Å². The van der Waals surface area contributed by atoms with Gasteiger partial charge in [0, 0.05) is 27.9 Å². The van der Waals surface area contributed by atoms with Crippen LogP contribution in [0, 0.1) is 5.92 Å². The van der Waals surface area contributed by atoms with Crippen molar-refractivity contribution in [1.82, 2.24) is 9.88 Å². The number of benzene rings is 2. The van der Waals surface area contributed by atoms with E-state index in [-0.39, 0.29) is 23.9 Å². The number of phenolic OH excluding ortho intramolecular Hbond substituents is 1. The van der Waals surface area contributed by atoms with Crippen LogP contribution < -0.4 is 4.74 Å². The summed E-state index contributed by atoms with van der Waals surface area (Å²) in [5.41, 5.74) is 6.53. The zero-order chi connectivity index (χ0) is 17.9. The Labute approximate surface area is 169 Å².